The van der Waals surface area contributed by atoms with Gasteiger partial charge in [0.05, 0.1) is 16.6 Å². The lowest BCUT2D eigenvalue weighted by Gasteiger charge is -2.24. The molecule has 5 nitrogen and oxygen atoms in total. The number of hydrogen-bond donors (Lipinski definition) is 0. The van der Waals surface area contributed by atoms with Crippen molar-refractivity contribution in [2.45, 2.75) is 26.3 Å². The van der Waals surface area contributed by atoms with E-state index in [1.54, 1.807) is 19.2 Å². The molecule has 0 bridgehead atoms. The summed E-state index contributed by atoms with van der Waals surface area (Å²) in [6, 6.07) is 7.39. The quantitative estimate of drug-likeness (QED) is 0.680. The Morgan fingerprint density at radius 3 is 2.08 bits per heavy atom. The summed E-state index contributed by atoms with van der Waals surface area (Å²) >= 11 is 6.01. The Morgan fingerprint density at radius 2 is 1.54 bits per heavy atom. The molecule has 2 aromatic heterocycles. The summed E-state index contributed by atoms with van der Waals surface area (Å²) in [7, 11) is 3.19. The van der Waals surface area contributed by atoms with Gasteiger partial charge < -0.3 is 4.57 Å². The van der Waals surface area contributed by atoms with Crippen LogP contribution in [-0.2, 0) is 19.6 Å². The van der Waals surface area contributed by atoms with Crippen molar-refractivity contribution in [1.29, 1.82) is 0 Å². The minimum absolute atomic E-state index is 0.255. The van der Waals surface area contributed by atoms with Gasteiger partial charge in [-0.25, -0.2) is 4.79 Å². The van der Waals surface area contributed by atoms with Crippen LogP contribution in [0.25, 0.3) is 22.2 Å². The third kappa shape index (κ3) is 2.40. The highest BCUT2D eigenvalue weighted by Crippen LogP contribution is 2.33. The third-order valence-electron chi connectivity index (χ3n) is 4.28. The monoisotopic (exact) mass is 345 g/mol. The van der Waals surface area contributed by atoms with Gasteiger partial charge in [-0.05, 0) is 38.5 Å². The SMILES string of the molecule is Cn1c(=O)c2c(-c3ccc(Cl)cc3)n(C(C)(C)C)cc2n(C)c1=O. The number of halogens is 1. The molecule has 0 amide bonds. The molecular weight excluding hydrogens is 326 g/mol. The first-order valence-corrected chi connectivity index (χ1v) is 8.08. The predicted molar refractivity (Wildman–Crippen MR) is 97.9 cm³/mol. The lowest BCUT2D eigenvalue weighted by Crippen LogP contribution is -2.36. The maximum atomic E-state index is 12.8. The zero-order valence-electron chi connectivity index (χ0n) is 14.4. The Labute approximate surface area is 144 Å². The molecule has 0 fully saturated rings. The molecule has 1 aromatic carbocycles. The predicted octanol–water partition coefficient (Wildman–Crippen LogP) is 3.11. The first-order chi connectivity index (χ1) is 11.1. The van der Waals surface area contributed by atoms with E-state index in [2.05, 4.69) is 20.8 Å². The molecule has 0 aliphatic carbocycles. The molecule has 3 rings (SSSR count). The van der Waals surface area contributed by atoms with E-state index in [1.165, 1.54) is 11.6 Å². The Morgan fingerprint density at radius 1 is 0.958 bits per heavy atom. The highest BCUT2D eigenvalue weighted by atomic mass is 35.5. The molecule has 0 saturated heterocycles. The number of hydrogen-bond acceptors (Lipinski definition) is 2. The van der Waals surface area contributed by atoms with Crippen molar-refractivity contribution in [3.8, 4) is 11.3 Å². The minimum atomic E-state index is -0.332. The highest BCUT2D eigenvalue weighted by Gasteiger charge is 2.24. The van der Waals surface area contributed by atoms with E-state index in [-0.39, 0.29) is 16.8 Å². The fourth-order valence-corrected chi connectivity index (χ4v) is 3.09. The molecular formula is C18H20ClN3O2. The van der Waals surface area contributed by atoms with Gasteiger partial charge in [0.15, 0.2) is 0 Å². The molecule has 0 aliphatic rings. The van der Waals surface area contributed by atoms with Gasteiger partial charge in [0.2, 0.25) is 0 Å². The Balaban J connectivity index is 2.57. The van der Waals surface area contributed by atoms with Gasteiger partial charge in [-0.3, -0.25) is 13.9 Å². The number of rotatable bonds is 1. The summed E-state index contributed by atoms with van der Waals surface area (Å²) in [4.78, 5) is 25.1. The molecule has 6 heteroatoms. The zero-order valence-corrected chi connectivity index (χ0v) is 15.2. The van der Waals surface area contributed by atoms with Gasteiger partial charge in [0.25, 0.3) is 5.56 Å². The molecule has 0 radical (unpaired) electrons. The second-order valence-electron chi connectivity index (χ2n) is 6.99. The summed E-state index contributed by atoms with van der Waals surface area (Å²) in [6.45, 7) is 6.19. The van der Waals surface area contributed by atoms with E-state index in [9.17, 15) is 9.59 Å². The molecule has 24 heavy (non-hydrogen) atoms. The lowest BCUT2D eigenvalue weighted by atomic mass is 10.1. The van der Waals surface area contributed by atoms with Crippen LogP contribution in [0.15, 0.2) is 40.1 Å². The van der Waals surface area contributed by atoms with E-state index in [4.69, 9.17) is 11.6 Å². The molecule has 126 valence electrons. The zero-order chi connectivity index (χ0) is 17.8. The summed E-state index contributed by atoms with van der Waals surface area (Å²) in [6.07, 6.45) is 1.88. The number of aromatic nitrogens is 3. The van der Waals surface area contributed by atoms with Crippen LogP contribution in [0.5, 0.6) is 0 Å². The second kappa shape index (κ2) is 5.38. The van der Waals surface area contributed by atoms with Crippen molar-refractivity contribution in [1.82, 2.24) is 13.7 Å². The van der Waals surface area contributed by atoms with E-state index in [0.717, 1.165) is 15.8 Å². The van der Waals surface area contributed by atoms with Gasteiger partial charge in [0, 0.05) is 30.9 Å². The molecule has 0 N–H and O–H groups in total. The van der Waals surface area contributed by atoms with Gasteiger partial charge in [-0.15, -0.1) is 0 Å². The summed E-state index contributed by atoms with van der Waals surface area (Å²) in [5.41, 5.74) is 1.44. The maximum Gasteiger partial charge on any atom is 0.330 e. The lowest BCUT2D eigenvalue weighted by molar-refractivity contribution is 0.403. The van der Waals surface area contributed by atoms with E-state index in [0.29, 0.717) is 15.9 Å². The van der Waals surface area contributed by atoms with Crippen LogP contribution >= 0.6 is 11.6 Å². The molecule has 0 spiro atoms. The van der Waals surface area contributed by atoms with Gasteiger partial charge in [-0.2, -0.15) is 0 Å². The van der Waals surface area contributed by atoms with Crippen LogP contribution in [0.4, 0.5) is 0 Å². The van der Waals surface area contributed by atoms with E-state index in [1.807, 2.05) is 22.9 Å². The number of aryl methyl sites for hydroxylation is 1. The topological polar surface area (TPSA) is 48.9 Å². The van der Waals surface area contributed by atoms with Crippen molar-refractivity contribution in [2.24, 2.45) is 14.1 Å². The van der Waals surface area contributed by atoms with Crippen molar-refractivity contribution in [3.63, 3.8) is 0 Å². The van der Waals surface area contributed by atoms with Crippen LogP contribution in [0.2, 0.25) is 5.02 Å². The molecule has 2 heterocycles. The smallest absolute Gasteiger partial charge is 0.330 e. The molecule has 0 saturated carbocycles. The molecule has 0 unspecified atom stereocenters. The standard InChI is InChI=1S/C18H20ClN3O2/c1-18(2,3)22-10-13-14(16(23)21(5)17(24)20(13)4)15(22)11-6-8-12(19)9-7-11/h6-10H,1-5H3. The first-order valence-electron chi connectivity index (χ1n) is 7.70. The number of nitrogens with zero attached hydrogens (tertiary/aromatic N) is 3. The molecule has 3 aromatic rings. The largest absolute Gasteiger partial charge is 0.339 e. The van der Waals surface area contributed by atoms with Crippen LogP contribution in [0.3, 0.4) is 0 Å². The Kier molecular flexibility index (Phi) is 3.72. The van der Waals surface area contributed by atoms with Gasteiger partial charge in [0.1, 0.15) is 0 Å². The van der Waals surface area contributed by atoms with Crippen LogP contribution < -0.4 is 11.2 Å². The van der Waals surface area contributed by atoms with E-state index >= 15 is 0 Å². The number of fused-ring (bicyclic) bond motifs is 1. The highest BCUT2D eigenvalue weighted by molar-refractivity contribution is 6.30. The van der Waals surface area contributed by atoms with Gasteiger partial charge in [-0.1, -0.05) is 23.7 Å². The first kappa shape index (κ1) is 16.6. The van der Waals surface area contributed by atoms with Crippen molar-refractivity contribution in [2.75, 3.05) is 0 Å². The summed E-state index contributed by atoms with van der Waals surface area (Å²) in [5, 5.41) is 1.18. The third-order valence-corrected chi connectivity index (χ3v) is 4.53. The van der Waals surface area contributed by atoms with Crippen LogP contribution in [0.1, 0.15) is 20.8 Å². The average Bonchev–Trinajstić information content (AvgIpc) is 2.92. The fraction of sp³-hybridized carbons (Fsp3) is 0.333. The second-order valence-corrected chi connectivity index (χ2v) is 7.43. The number of benzene rings is 1. The van der Waals surface area contributed by atoms with Crippen molar-refractivity contribution < 1.29 is 0 Å². The van der Waals surface area contributed by atoms with E-state index < -0.39 is 0 Å². The minimum Gasteiger partial charge on any atom is -0.339 e. The normalized spacial score (nSPS) is 12.1. The van der Waals surface area contributed by atoms with Gasteiger partial charge >= 0.3 is 5.69 Å². The Bertz CT molecular complexity index is 1050. The molecule has 0 aliphatic heterocycles. The van der Waals surface area contributed by atoms with Crippen molar-refractivity contribution >= 4 is 22.5 Å². The Hall–Kier alpha value is -2.27. The summed E-state index contributed by atoms with van der Waals surface area (Å²) in [5.74, 6) is 0. The van der Waals surface area contributed by atoms with Crippen LogP contribution in [0, 0.1) is 0 Å². The maximum absolute atomic E-state index is 12.8. The molecule has 0 atom stereocenters. The van der Waals surface area contributed by atoms with Crippen LogP contribution in [-0.4, -0.2) is 13.7 Å². The summed E-state index contributed by atoms with van der Waals surface area (Å²) < 4.78 is 4.70. The van der Waals surface area contributed by atoms with Crippen molar-refractivity contribution in [3.05, 3.63) is 56.3 Å². The fourth-order valence-electron chi connectivity index (χ4n) is 2.96. The average molecular weight is 346 g/mol.